The molecule has 1 fully saturated rings. The molecule has 1 aliphatic heterocycles. The van der Waals surface area contributed by atoms with Crippen LogP contribution in [0.3, 0.4) is 0 Å². The number of rotatable bonds is 3. The van der Waals surface area contributed by atoms with Crippen LogP contribution in [0.25, 0.3) is 0 Å². The highest BCUT2D eigenvalue weighted by Gasteiger charge is 2.42. The summed E-state index contributed by atoms with van der Waals surface area (Å²) in [5, 5.41) is 28.0. The number of carboxylic acids is 1. The Morgan fingerprint density at radius 1 is 1.60 bits per heavy atom. The van der Waals surface area contributed by atoms with E-state index in [-0.39, 0.29) is 12.0 Å². The number of carbonyl (C=O) groups is 1. The molecule has 2 unspecified atom stereocenters. The van der Waals surface area contributed by atoms with Gasteiger partial charge in [-0.3, -0.25) is 4.90 Å². The molecule has 88 valence electrons. The molecule has 3 N–H and O–H groups in total. The third-order valence-electron chi connectivity index (χ3n) is 2.96. The van der Waals surface area contributed by atoms with Crippen LogP contribution in [-0.2, 0) is 4.79 Å². The molecular weight excluding hydrogens is 198 g/mol. The summed E-state index contributed by atoms with van der Waals surface area (Å²) in [6, 6.07) is 0. The van der Waals surface area contributed by atoms with Crippen LogP contribution in [-0.4, -0.2) is 57.5 Å². The predicted octanol–water partition coefficient (Wildman–Crippen LogP) is -0.475. The van der Waals surface area contributed by atoms with Crippen LogP contribution >= 0.6 is 0 Å². The normalized spacial score (nSPS) is 30.1. The van der Waals surface area contributed by atoms with Gasteiger partial charge in [0, 0.05) is 25.0 Å². The summed E-state index contributed by atoms with van der Waals surface area (Å²) >= 11 is 0. The molecule has 15 heavy (non-hydrogen) atoms. The molecule has 2 atom stereocenters. The van der Waals surface area contributed by atoms with Gasteiger partial charge in [-0.25, -0.2) is 4.79 Å². The van der Waals surface area contributed by atoms with Gasteiger partial charge in [-0.15, -0.1) is 0 Å². The van der Waals surface area contributed by atoms with Crippen LogP contribution in [0.1, 0.15) is 20.8 Å². The first-order valence-corrected chi connectivity index (χ1v) is 5.01. The zero-order chi connectivity index (χ0) is 11.9. The zero-order valence-electron chi connectivity index (χ0n) is 9.40. The van der Waals surface area contributed by atoms with Gasteiger partial charge in [0.1, 0.15) is 0 Å². The van der Waals surface area contributed by atoms with E-state index in [9.17, 15) is 15.0 Å². The zero-order valence-corrected chi connectivity index (χ0v) is 9.40. The summed E-state index contributed by atoms with van der Waals surface area (Å²) in [5.41, 5.74) is -1.99. The Labute approximate surface area is 89.3 Å². The standard InChI is InChI=1S/C10H19NO4/c1-9(2)5-11(4-7(9)12)6-10(3,15)8(13)14/h7,12,15H,4-6H2,1-3H3,(H,13,14). The van der Waals surface area contributed by atoms with Crippen molar-refractivity contribution in [3.63, 3.8) is 0 Å². The summed E-state index contributed by atoms with van der Waals surface area (Å²) in [6.07, 6.45) is -0.470. The monoisotopic (exact) mass is 217 g/mol. The van der Waals surface area contributed by atoms with Gasteiger partial charge in [0.2, 0.25) is 0 Å². The summed E-state index contributed by atoms with van der Waals surface area (Å²) in [5.74, 6) is -1.23. The second kappa shape index (κ2) is 3.73. The van der Waals surface area contributed by atoms with Crippen LogP contribution in [0.2, 0.25) is 0 Å². The van der Waals surface area contributed by atoms with Gasteiger partial charge < -0.3 is 15.3 Å². The Morgan fingerprint density at radius 3 is 2.47 bits per heavy atom. The predicted molar refractivity (Wildman–Crippen MR) is 54.5 cm³/mol. The fourth-order valence-electron chi connectivity index (χ4n) is 1.86. The average Bonchev–Trinajstić information content (AvgIpc) is 2.23. The molecule has 5 heteroatoms. The van der Waals surface area contributed by atoms with Crippen molar-refractivity contribution in [2.24, 2.45) is 5.41 Å². The molecule has 0 saturated carbocycles. The smallest absolute Gasteiger partial charge is 0.336 e. The van der Waals surface area contributed by atoms with Gasteiger partial charge in [0.05, 0.1) is 6.10 Å². The molecule has 1 saturated heterocycles. The quantitative estimate of drug-likeness (QED) is 0.595. The first-order chi connectivity index (χ1) is 6.65. The number of aliphatic hydroxyl groups is 2. The van der Waals surface area contributed by atoms with Gasteiger partial charge in [-0.1, -0.05) is 13.8 Å². The first-order valence-electron chi connectivity index (χ1n) is 5.01. The van der Waals surface area contributed by atoms with E-state index in [1.165, 1.54) is 6.92 Å². The maximum Gasteiger partial charge on any atom is 0.336 e. The number of aliphatic carboxylic acids is 1. The molecule has 5 nitrogen and oxygen atoms in total. The van der Waals surface area contributed by atoms with Crippen LogP contribution in [0.5, 0.6) is 0 Å². The lowest BCUT2D eigenvalue weighted by Crippen LogP contribution is -2.46. The van der Waals surface area contributed by atoms with Gasteiger partial charge in [0.15, 0.2) is 5.60 Å². The number of likely N-dealkylation sites (tertiary alicyclic amines) is 1. The minimum atomic E-state index is -1.75. The number of aliphatic hydroxyl groups excluding tert-OH is 1. The molecule has 0 aromatic carbocycles. The van der Waals surface area contributed by atoms with E-state index in [1.807, 2.05) is 13.8 Å². The van der Waals surface area contributed by atoms with E-state index in [0.717, 1.165) is 0 Å². The van der Waals surface area contributed by atoms with E-state index in [2.05, 4.69) is 0 Å². The Morgan fingerprint density at radius 2 is 2.13 bits per heavy atom. The third-order valence-corrected chi connectivity index (χ3v) is 2.96. The van der Waals surface area contributed by atoms with Crippen molar-refractivity contribution >= 4 is 5.97 Å². The molecule has 1 rings (SSSR count). The fourth-order valence-corrected chi connectivity index (χ4v) is 1.86. The van der Waals surface area contributed by atoms with Crippen molar-refractivity contribution in [2.75, 3.05) is 19.6 Å². The second-order valence-electron chi connectivity index (χ2n) is 5.25. The van der Waals surface area contributed by atoms with Crippen molar-refractivity contribution in [3.8, 4) is 0 Å². The minimum absolute atomic E-state index is 0.0445. The third kappa shape index (κ3) is 2.68. The molecule has 0 amide bonds. The van der Waals surface area contributed by atoms with Crippen LogP contribution in [0.4, 0.5) is 0 Å². The number of β-amino-alcohol motifs (C(OH)–C–C–N with tert-alkyl or cyclic N) is 2. The van der Waals surface area contributed by atoms with E-state index in [1.54, 1.807) is 4.90 Å². The summed E-state index contributed by atoms with van der Waals surface area (Å²) in [4.78, 5) is 12.5. The molecule has 0 bridgehead atoms. The van der Waals surface area contributed by atoms with E-state index < -0.39 is 17.7 Å². The molecule has 0 aromatic heterocycles. The highest BCUT2D eigenvalue weighted by molar-refractivity contribution is 5.76. The second-order valence-corrected chi connectivity index (χ2v) is 5.25. The lowest BCUT2D eigenvalue weighted by atomic mass is 9.90. The van der Waals surface area contributed by atoms with E-state index in [4.69, 9.17) is 5.11 Å². The lowest BCUT2D eigenvalue weighted by molar-refractivity contribution is -0.158. The highest BCUT2D eigenvalue weighted by atomic mass is 16.4. The van der Waals surface area contributed by atoms with Crippen LogP contribution < -0.4 is 0 Å². The number of carboxylic acid groups (broad SMARTS) is 1. The van der Waals surface area contributed by atoms with Crippen molar-refractivity contribution in [1.82, 2.24) is 4.90 Å². The maximum atomic E-state index is 10.7. The molecule has 0 radical (unpaired) electrons. The van der Waals surface area contributed by atoms with Gasteiger partial charge >= 0.3 is 5.97 Å². The van der Waals surface area contributed by atoms with Crippen molar-refractivity contribution in [3.05, 3.63) is 0 Å². The van der Waals surface area contributed by atoms with Crippen molar-refractivity contribution < 1.29 is 20.1 Å². The molecule has 1 aliphatic rings. The van der Waals surface area contributed by atoms with E-state index in [0.29, 0.717) is 13.1 Å². The van der Waals surface area contributed by atoms with Crippen molar-refractivity contribution in [2.45, 2.75) is 32.5 Å². The summed E-state index contributed by atoms with van der Waals surface area (Å²) in [6.45, 7) is 6.17. The Balaban J connectivity index is 2.60. The Kier molecular flexibility index (Phi) is 3.09. The molecular formula is C10H19NO4. The molecule has 0 aromatic rings. The largest absolute Gasteiger partial charge is 0.479 e. The van der Waals surface area contributed by atoms with Gasteiger partial charge in [0.25, 0.3) is 0 Å². The summed E-state index contributed by atoms with van der Waals surface area (Å²) < 4.78 is 0. The van der Waals surface area contributed by atoms with Crippen molar-refractivity contribution in [1.29, 1.82) is 0 Å². The Bertz CT molecular complexity index is 262. The van der Waals surface area contributed by atoms with Gasteiger partial charge in [-0.2, -0.15) is 0 Å². The van der Waals surface area contributed by atoms with Crippen LogP contribution in [0.15, 0.2) is 0 Å². The van der Waals surface area contributed by atoms with E-state index >= 15 is 0 Å². The average molecular weight is 217 g/mol. The number of hydrogen-bond acceptors (Lipinski definition) is 4. The molecule has 0 spiro atoms. The fraction of sp³-hybridized carbons (Fsp3) is 0.900. The molecule has 0 aliphatic carbocycles. The number of hydrogen-bond donors (Lipinski definition) is 3. The topological polar surface area (TPSA) is 81.0 Å². The Hall–Kier alpha value is -0.650. The van der Waals surface area contributed by atoms with Crippen LogP contribution in [0, 0.1) is 5.41 Å². The highest BCUT2D eigenvalue weighted by Crippen LogP contribution is 2.30. The minimum Gasteiger partial charge on any atom is -0.479 e. The first kappa shape index (κ1) is 12.4. The number of nitrogens with zero attached hydrogens (tertiary/aromatic N) is 1. The maximum absolute atomic E-state index is 10.7. The molecule has 1 heterocycles. The lowest BCUT2D eigenvalue weighted by Gasteiger charge is -2.26. The van der Waals surface area contributed by atoms with Gasteiger partial charge in [-0.05, 0) is 6.92 Å². The summed E-state index contributed by atoms with van der Waals surface area (Å²) in [7, 11) is 0. The SMILES string of the molecule is CC(O)(CN1CC(O)C(C)(C)C1)C(=O)O.